The van der Waals surface area contributed by atoms with Gasteiger partial charge in [0.05, 0.1) is 49.6 Å². The Labute approximate surface area is 391 Å². The molecule has 3 aromatic carbocycles. The van der Waals surface area contributed by atoms with Crippen molar-refractivity contribution in [2.75, 3.05) is 58.5 Å². The molecule has 3 aromatic rings. The zero-order chi connectivity index (χ0) is 47.1. The number of non-ortho nitro benzene ring substituents is 1. The van der Waals surface area contributed by atoms with Crippen molar-refractivity contribution >= 4 is 29.3 Å². The number of thioether (sulfide) groups is 1. The molecule has 1 heterocycles. The van der Waals surface area contributed by atoms with Crippen LogP contribution in [0.5, 0.6) is 17.2 Å². The van der Waals surface area contributed by atoms with Gasteiger partial charge in [0, 0.05) is 60.4 Å². The quantitative estimate of drug-likeness (QED) is 0.0241. The number of aliphatic hydroxyl groups is 3. The molecule has 0 aromatic heterocycles. The smallest absolute Gasteiger partial charge is 0.415 e. The van der Waals surface area contributed by atoms with E-state index in [9.17, 15) is 30.2 Å². The second kappa shape index (κ2) is 24.2. The maximum Gasteiger partial charge on any atom is 0.415 e. The molecule has 1 fully saturated rings. The van der Waals surface area contributed by atoms with E-state index in [4.69, 9.17) is 33.7 Å². The summed E-state index contributed by atoms with van der Waals surface area (Å²) in [6, 6.07) is 20.3. The van der Waals surface area contributed by atoms with E-state index >= 15 is 0 Å². The third-order valence-electron chi connectivity index (χ3n) is 12.0. The molecule has 0 radical (unpaired) electrons. The fraction of sp³-hybridized carbons (Fsp3) is 0.520. The Kier molecular flexibility index (Phi) is 18.5. The highest BCUT2D eigenvalue weighted by molar-refractivity contribution is 7.99. The Morgan fingerprint density at radius 1 is 0.970 bits per heavy atom. The second-order valence-corrected chi connectivity index (χ2v) is 18.8. The lowest BCUT2D eigenvalue weighted by Gasteiger charge is -2.59. The van der Waals surface area contributed by atoms with Gasteiger partial charge in [-0.05, 0) is 106 Å². The molecule has 0 saturated heterocycles. The minimum atomic E-state index is -1.58. The second-order valence-electron chi connectivity index (χ2n) is 17.6. The number of ether oxygens (including phenoxy) is 5. The lowest BCUT2D eigenvalue weighted by molar-refractivity contribution is -0.384. The van der Waals surface area contributed by atoms with Crippen molar-refractivity contribution in [1.29, 1.82) is 0 Å². The molecule has 358 valence electrons. The number of rotatable bonds is 25. The van der Waals surface area contributed by atoms with E-state index in [1.165, 1.54) is 29.2 Å². The predicted molar refractivity (Wildman–Crippen MR) is 252 cm³/mol. The van der Waals surface area contributed by atoms with Gasteiger partial charge >= 0.3 is 6.09 Å². The van der Waals surface area contributed by atoms with Crippen LogP contribution in [0.25, 0.3) is 0 Å². The van der Waals surface area contributed by atoms with Crippen molar-refractivity contribution in [3.8, 4) is 17.2 Å². The lowest BCUT2D eigenvalue weighted by atomic mass is 9.55. The first-order valence-electron chi connectivity index (χ1n) is 22.9. The molecule has 1 amide bonds. The Morgan fingerprint density at radius 3 is 2.38 bits per heavy atom. The summed E-state index contributed by atoms with van der Waals surface area (Å²) in [6.07, 6.45) is 7.56. The number of benzene rings is 3. The van der Waals surface area contributed by atoms with Crippen molar-refractivity contribution < 1.29 is 53.6 Å². The summed E-state index contributed by atoms with van der Waals surface area (Å²) in [6.45, 7) is 10.2. The standard InChI is InChI=1S/C50H65N3O12S/c1-5-27-62-50-45(52(23-28-60-29-26-56)48(57)63-37-19-17-36(18-20-37)53(58)59)34-43(51-65-49(2,3)4)41-32-35(13-9-11-24-54)40(16-10-12-25-55)46(47(41)50)42-33-38(21-22-44(42)64-50)61-30-31-66-39-14-7-6-8-15-39/h5-8,14-15,17-22,32-33,35,40,45-47,54-56H,1,9-13,16,23-31,34H2,2-4H3. The number of carbonyl (C=O) groups excluding carboxylic acids is 1. The Morgan fingerprint density at radius 2 is 1.70 bits per heavy atom. The maximum absolute atomic E-state index is 14.8. The largest absolute Gasteiger partial charge is 0.493 e. The number of fused-ring (bicyclic) bond motifs is 2. The third-order valence-corrected chi connectivity index (χ3v) is 13.0. The van der Waals surface area contributed by atoms with E-state index in [2.05, 4.69) is 30.9 Å². The minimum absolute atomic E-state index is 0.0147. The number of nitro groups is 1. The summed E-state index contributed by atoms with van der Waals surface area (Å²) >= 11 is 1.71. The molecule has 3 N–H and O–H groups in total. The summed E-state index contributed by atoms with van der Waals surface area (Å²) in [7, 11) is 0. The summed E-state index contributed by atoms with van der Waals surface area (Å²) in [4.78, 5) is 34.6. The average Bonchev–Trinajstić information content (AvgIpc) is 3.30. The molecular weight excluding hydrogens is 867 g/mol. The van der Waals surface area contributed by atoms with Crippen LogP contribution in [0.2, 0.25) is 0 Å². The Hall–Kier alpha value is -4.97. The highest BCUT2D eigenvalue weighted by Crippen LogP contribution is 2.62. The van der Waals surface area contributed by atoms with Crippen molar-refractivity contribution in [2.24, 2.45) is 22.9 Å². The van der Waals surface area contributed by atoms with Gasteiger partial charge in [0.1, 0.15) is 28.9 Å². The van der Waals surface area contributed by atoms with Crippen LogP contribution in [0, 0.1) is 27.9 Å². The number of nitro benzene ring substituents is 1. The van der Waals surface area contributed by atoms with Gasteiger partial charge in [-0.25, -0.2) is 4.79 Å². The fourth-order valence-corrected chi connectivity index (χ4v) is 10.0. The van der Waals surface area contributed by atoms with E-state index in [1.54, 1.807) is 17.8 Å². The average molecular weight is 932 g/mol. The summed E-state index contributed by atoms with van der Waals surface area (Å²) in [5, 5.41) is 45.9. The van der Waals surface area contributed by atoms with Crippen molar-refractivity contribution in [1.82, 2.24) is 4.90 Å². The first-order valence-corrected chi connectivity index (χ1v) is 23.9. The molecule has 2 aliphatic carbocycles. The SMILES string of the molecule is C=CCOC12Oc3ccc(OCCSc4ccccc4)cc3C3C(CCCCO)C(CCCCO)C=C(C(=NOC(C)(C)C)CC1N(CCOCCO)C(=O)Oc1ccc([N+](=O)[O-])cc1)C32. The normalized spacial score (nSPS) is 22.6. The molecule has 1 aliphatic heterocycles. The van der Waals surface area contributed by atoms with Gasteiger partial charge in [0.15, 0.2) is 0 Å². The van der Waals surface area contributed by atoms with Gasteiger partial charge in [-0.2, -0.15) is 0 Å². The van der Waals surface area contributed by atoms with Crippen LogP contribution in [0.15, 0.2) is 107 Å². The Bertz CT molecular complexity index is 2110. The minimum Gasteiger partial charge on any atom is -0.493 e. The number of nitrogens with zero attached hydrogens (tertiary/aromatic N) is 3. The number of allylic oxidation sites excluding steroid dienone is 1. The van der Waals surface area contributed by atoms with Crippen LogP contribution in [-0.4, -0.2) is 113 Å². The van der Waals surface area contributed by atoms with Gasteiger partial charge in [0.25, 0.3) is 5.69 Å². The van der Waals surface area contributed by atoms with Crippen molar-refractivity contribution in [2.45, 2.75) is 94.0 Å². The summed E-state index contributed by atoms with van der Waals surface area (Å²) in [5.41, 5.74) is 1.55. The number of oxime groups is 1. The molecule has 6 atom stereocenters. The van der Waals surface area contributed by atoms with Gasteiger partial charge in [0.2, 0.25) is 5.79 Å². The van der Waals surface area contributed by atoms with E-state index < -0.39 is 34.4 Å². The number of unbranched alkanes of at least 4 members (excludes halogenated alkanes) is 2. The van der Waals surface area contributed by atoms with E-state index in [-0.39, 0.29) is 81.8 Å². The molecule has 1 saturated carbocycles. The molecule has 0 spiro atoms. The molecule has 6 unspecified atom stereocenters. The first kappa shape index (κ1) is 50.4. The highest BCUT2D eigenvalue weighted by atomic mass is 32.2. The monoisotopic (exact) mass is 931 g/mol. The van der Waals surface area contributed by atoms with E-state index in [1.807, 2.05) is 51.1 Å². The summed E-state index contributed by atoms with van der Waals surface area (Å²) < 4.78 is 32.6. The van der Waals surface area contributed by atoms with Crippen LogP contribution in [-0.2, 0) is 14.3 Å². The number of amides is 1. The number of hydrogen-bond donors (Lipinski definition) is 3. The van der Waals surface area contributed by atoms with E-state index in [0.29, 0.717) is 36.7 Å². The van der Waals surface area contributed by atoms with Crippen molar-refractivity contribution in [3.63, 3.8) is 0 Å². The number of hydrogen-bond acceptors (Lipinski definition) is 14. The molecule has 0 bridgehead atoms. The molecule has 66 heavy (non-hydrogen) atoms. The van der Waals surface area contributed by atoms with Crippen LogP contribution >= 0.6 is 11.8 Å². The van der Waals surface area contributed by atoms with Crippen LogP contribution in [0.3, 0.4) is 0 Å². The number of aliphatic hydroxyl groups excluding tert-OH is 3. The van der Waals surface area contributed by atoms with Gasteiger partial charge in [-0.15, -0.1) is 18.3 Å². The van der Waals surface area contributed by atoms with Crippen molar-refractivity contribution in [3.05, 3.63) is 113 Å². The zero-order valence-corrected chi connectivity index (χ0v) is 39.1. The van der Waals surface area contributed by atoms with E-state index in [0.717, 1.165) is 47.5 Å². The van der Waals surface area contributed by atoms with Gasteiger partial charge in [-0.3, -0.25) is 15.0 Å². The topological polar surface area (TPSA) is 192 Å². The predicted octanol–water partition coefficient (Wildman–Crippen LogP) is 8.71. The van der Waals surface area contributed by atoms with Gasteiger partial charge in [-0.1, -0.05) is 48.3 Å². The first-order chi connectivity index (χ1) is 31.9. The molecule has 16 heteroatoms. The zero-order valence-electron chi connectivity index (χ0n) is 38.3. The van der Waals surface area contributed by atoms with Crippen LogP contribution in [0.1, 0.15) is 77.2 Å². The Balaban J connectivity index is 1.53. The van der Waals surface area contributed by atoms with Crippen LogP contribution < -0.4 is 14.2 Å². The molecule has 6 rings (SSSR count). The highest BCUT2D eigenvalue weighted by Gasteiger charge is 2.65. The molecule has 3 aliphatic rings. The number of carbonyl (C=O) groups is 1. The lowest BCUT2D eigenvalue weighted by Crippen LogP contribution is -2.70. The maximum atomic E-state index is 14.8. The summed E-state index contributed by atoms with van der Waals surface area (Å²) in [5.74, 6) is -0.393. The fourth-order valence-electron chi connectivity index (χ4n) is 9.27. The van der Waals surface area contributed by atoms with Crippen LogP contribution in [0.4, 0.5) is 10.5 Å². The van der Waals surface area contributed by atoms with Gasteiger partial charge < -0.3 is 43.8 Å². The molecular formula is C50H65N3O12S. The third kappa shape index (κ3) is 12.7. The molecule has 15 nitrogen and oxygen atoms in total.